The van der Waals surface area contributed by atoms with Crippen molar-refractivity contribution in [2.75, 3.05) is 0 Å². The fourth-order valence-electron chi connectivity index (χ4n) is 1.11. The van der Waals surface area contributed by atoms with Gasteiger partial charge in [-0.2, -0.15) is 0 Å². The lowest BCUT2D eigenvalue weighted by Gasteiger charge is -2.10. The highest BCUT2D eigenvalue weighted by atomic mass is 32.2. The molecule has 0 bridgehead atoms. The third-order valence-corrected chi connectivity index (χ3v) is 3.60. The maximum atomic E-state index is 11.1. The lowest BCUT2D eigenvalue weighted by molar-refractivity contribution is -0.116. The van der Waals surface area contributed by atoms with Crippen LogP contribution in [-0.2, 0) is 4.79 Å². The van der Waals surface area contributed by atoms with E-state index in [2.05, 4.69) is 32.0 Å². The SMILES string of the molecule is CC(=O)C(C)Sc1cc(C)ccc1C. The van der Waals surface area contributed by atoms with E-state index in [4.69, 9.17) is 0 Å². The Morgan fingerprint density at radius 1 is 1.36 bits per heavy atom. The zero-order valence-electron chi connectivity index (χ0n) is 9.13. The lowest BCUT2D eigenvalue weighted by Crippen LogP contribution is -2.08. The molecule has 76 valence electrons. The number of carbonyl (C=O) groups is 1. The fourth-order valence-corrected chi connectivity index (χ4v) is 2.16. The first-order valence-corrected chi connectivity index (χ1v) is 5.63. The molecular formula is C12H16OS. The van der Waals surface area contributed by atoms with Gasteiger partial charge in [0.05, 0.1) is 5.25 Å². The van der Waals surface area contributed by atoms with E-state index in [1.165, 1.54) is 16.0 Å². The molecule has 0 amide bonds. The van der Waals surface area contributed by atoms with Crippen molar-refractivity contribution >= 4 is 17.5 Å². The van der Waals surface area contributed by atoms with Crippen LogP contribution in [0.2, 0.25) is 0 Å². The Bertz CT molecular complexity index is 344. The van der Waals surface area contributed by atoms with Crippen molar-refractivity contribution in [2.24, 2.45) is 0 Å². The van der Waals surface area contributed by atoms with Gasteiger partial charge in [0.15, 0.2) is 0 Å². The highest BCUT2D eigenvalue weighted by molar-refractivity contribution is 8.00. The minimum atomic E-state index is 0.0514. The summed E-state index contributed by atoms with van der Waals surface area (Å²) in [5.41, 5.74) is 2.49. The van der Waals surface area contributed by atoms with Crippen LogP contribution in [0.4, 0.5) is 0 Å². The van der Waals surface area contributed by atoms with Crippen molar-refractivity contribution in [1.82, 2.24) is 0 Å². The van der Waals surface area contributed by atoms with Crippen molar-refractivity contribution < 1.29 is 4.79 Å². The van der Waals surface area contributed by atoms with E-state index in [1.807, 2.05) is 6.92 Å². The molecule has 0 heterocycles. The Balaban J connectivity index is 2.85. The van der Waals surface area contributed by atoms with Crippen LogP contribution in [0.3, 0.4) is 0 Å². The van der Waals surface area contributed by atoms with Crippen molar-refractivity contribution in [3.63, 3.8) is 0 Å². The predicted molar refractivity (Wildman–Crippen MR) is 61.9 cm³/mol. The summed E-state index contributed by atoms with van der Waals surface area (Å²) in [4.78, 5) is 12.3. The molecule has 14 heavy (non-hydrogen) atoms. The Morgan fingerprint density at radius 2 is 2.00 bits per heavy atom. The number of carbonyl (C=O) groups excluding carboxylic acids is 1. The molecule has 0 spiro atoms. The van der Waals surface area contributed by atoms with Gasteiger partial charge >= 0.3 is 0 Å². The van der Waals surface area contributed by atoms with E-state index in [0.29, 0.717) is 0 Å². The van der Waals surface area contributed by atoms with Crippen LogP contribution in [0.15, 0.2) is 23.1 Å². The second-order valence-corrected chi connectivity index (χ2v) is 5.02. The first-order valence-electron chi connectivity index (χ1n) is 4.75. The first kappa shape index (κ1) is 11.3. The molecule has 0 aliphatic rings. The number of ketones is 1. The Labute approximate surface area is 89.9 Å². The molecule has 0 saturated heterocycles. The molecule has 0 aromatic heterocycles. The maximum Gasteiger partial charge on any atom is 0.142 e. The summed E-state index contributed by atoms with van der Waals surface area (Å²) in [7, 11) is 0. The van der Waals surface area contributed by atoms with Crippen molar-refractivity contribution in [2.45, 2.75) is 37.8 Å². The normalized spacial score (nSPS) is 12.6. The summed E-state index contributed by atoms with van der Waals surface area (Å²) in [5.74, 6) is 0.232. The molecule has 1 atom stereocenters. The van der Waals surface area contributed by atoms with Gasteiger partial charge in [0.1, 0.15) is 5.78 Å². The van der Waals surface area contributed by atoms with Gasteiger partial charge in [-0.3, -0.25) is 4.79 Å². The molecule has 0 aliphatic heterocycles. The smallest absolute Gasteiger partial charge is 0.142 e. The van der Waals surface area contributed by atoms with Gasteiger partial charge in [-0.15, -0.1) is 11.8 Å². The van der Waals surface area contributed by atoms with Crippen molar-refractivity contribution in [3.05, 3.63) is 29.3 Å². The third-order valence-electron chi connectivity index (χ3n) is 2.22. The van der Waals surface area contributed by atoms with E-state index in [0.717, 1.165) is 0 Å². The summed E-state index contributed by atoms with van der Waals surface area (Å²) in [6.45, 7) is 7.74. The molecule has 1 aromatic rings. The molecular weight excluding hydrogens is 192 g/mol. The minimum absolute atomic E-state index is 0.0514. The minimum Gasteiger partial charge on any atom is -0.299 e. The van der Waals surface area contributed by atoms with Crippen LogP contribution in [-0.4, -0.2) is 11.0 Å². The molecule has 1 unspecified atom stereocenters. The van der Waals surface area contributed by atoms with Gasteiger partial charge in [0.2, 0.25) is 0 Å². The van der Waals surface area contributed by atoms with E-state index in [9.17, 15) is 4.79 Å². The topological polar surface area (TPSA) is 17.1 Å². The molecule has 0 saturated carbocycles. The second-order valence-electron chi connectivity index (χ2n) is 3.64. The number of benzene rings is 1. The van der Waals surface area contributed by atoms with Gasteiger partial charge in [-0.1, -0.05) is 17.7 Å². The summed E-state index contributed by atoms with van der Waals surface area (Å²) in [6, 6.07) is 6.34. The van der Waals surface area contributed by atoms with Crippen LogP contribution in [0.25, 0.3) is 0 Å². The number of hydrogen-bond acceptors (Lipinski definition) is 2. The van der Waals surface area contributed by atoms with Gasteiger partial charge < -0.3 is 0 Å². The first-order chi connectivity index (χ1) is 6.50. The summed E-state index contributed by atoms with van der Waals surface area (Å²) < 4.78 is 0. The number of rotatable bonds is 3. The highest BCUT2D eigenvalue weighted by Gasteiger charge is 2.10. The second kappa shape index (κ2) is 4.65. The molecule has 1 nitrogen and oxygen atoms in total. The van der Waals surface area contributed by atoms with E-state index >= 15 is 0 Å². The number of thioether (sulfide) groups is 1. The average Bonchev–Trinajstić information content (AvgIpc) is 2.11. The van der Waals surface area contributed by atoms with Crippen LogP contribution >= 0.6 is 11.8 Å². The molecule has 0 N–H and O–H groups in total. The standard InChI is InChI=1S/C12H16OS/c1-8-5-6-9(2)12(7-8)14-11(4)10(3)13/h5-7,11H,1-4H3. The van der Waals surface area contributed by atoms with Gasteiger partial charge in [0.25, 0.3) is 0 Å². The van der Waals surface area contributed by atoms with Gasteiger partial charge in [-0.05, 0) is 39.3 Å². The van der Waals surface area contributed by atoms with Crippen molar-refractivity contribution in [3.8, 4) is 0 Å². The van der Waals surface area contributed by atoms with E-state index < -0.39 is 0 Å². The molecule has 0 aliphatic carbocycles. The number of hydrogen-bond donors (Lipinski definition) is 0. The van der Waals surface area contributed by atoms with Crippen molar-refractivity contribution in [1.29, 1.82) is 0 Å². The van der Waals surface area contributed by atoms with E-state index in [1.54, 1.807) is 18.7 Å². The number of Topliss-reactive ketones (excluding diaryl/α,β-unsaturated/α-hetero) is 1. The lowest BCUT2D eigenvalue weighted by atomic mass is 10.2. The van der Waals surface area contributed by atoms with Gasteiger partial charge in [0, 0.05) is 4.90 Å². The van der Waals surface area contributed by atoms with Gasteiger partial charge in [-0.25, -0.2) is 0 Å². The van der Waals surface area contributed by atoms with Crippen LogP contribution in [0, 0.1) is 13.8 Å². The van der Waals surface area contributed by atoms with Crippen LogP contribution in [0.5, 0.6) is 0 Å². The Morgan fingerprint density at radius 3 is 2.57 bits per heavy atom. The molecule has 1 aromatic carbocycles. The zero-order valence-corrected chi connectivity index (χ0v) is 9.94. The Kier molecular flexibility index (Phi) is 3.76. The molecule has 0 radical (unpaired) electrons. The quantitative estimate of drug-likeness (QED) is 0.708. The van der Waals surface area contributed by atoms with E-state index in [-0.39, 0.29) is 11.0 Å². The third kappa shape index (κ3) is 2.88. The Hall–Kier alpha value is -0.760. The predicted octanol–water partition coefficient (Wildman–Crippen LogP) is 3.37. The maximum absolute atomic E-state index is 11.1. The average molecular weight is 208 g/mol. The monoisotopic (exact) mass is 208 g/mol. The summed E-state index contributed by atoms with van der Waals surface area (Å²) in [6.07, 6.45) is 0. The zero-order chi connectivity index (χ0) is 10.7. The largest absolute Gasteiger partial charge is 0.299 e. The summed E-state index contributed by atoms with van der Waals surface area (Å²) >= 11 is 1.64. The molecule has 2 heteroatoms. The molecule has 1 rings (SSSR count). The fraction of sp³-hybridized carbons (Fsp3) is 0.417. The summed E-state index contributed by atoms with van der Waals surface area (Å²) in [5, 5.41) is 0.0514. The molecule has 0 fully saturated rings. The van der Waals surface area contributed by atoms with Crippen LogP contribution < -0.4 is 0 Å². The number of aryl methyl sites for hydroxylation is 2. The van der Waals surface area contributed by atoms with Crippen LogP contribution in [0.1, 0.15) is 25.0 Å². The highest BCUT2D eigenvalue weighted by Crippen LogP contribution is 2.27.